The van der Waals surface area contributed by atoms with Gasteiger partial charge in [-0.2, -0.15) is 0 Å². The molecule has 4 aromatic rings. The topological polar surface area (TPSA) is 119 Å². The third-order valence-corrected chi connectivity index (χ3v) is 9.49. The van der Waals surface area contributed by atoms with Crippen LogP contribution in [0.1, 0.15) is 5.56 Å². The minimum absolute atomic E-state index is 0.248. The molecule has 0 saturated carbocycles. The van der Waals surface area contributed by atoms with E-state index in [0.29, 0.717) is 24.6 Å². The molecule has 0 fully saturated rings. The molecule has 44 heavy (non-hydrogen) atoms. The number of sulfonamides is 2. The van der Waals surface area contributed by atoms with Crippen LogP contribution in [0, 0.1) is 6.92 Å². The lowest BCUT2D eigenvalue weighted by Crippen LogP contribution is -2.29. The molecular formula is C33H41N3O6S2. The Balaban J connectivity index is 0.000000240. The van der Waals surface area contributed by atoms with Crippen LogP contribution in [0.15, 0.2) is 97.1 Å². The van der Waals surface area contributed by atoms with Crippen LogP contribution < -0.4 is 15.2 Å². The molecule has 0 bridgehead atoms. The highest BCUT2D eigenvalue weighted by Crippen LogP contribution is 2.29. The average molecular weight is 640 g/mol. The third-order valence-electron chi connectivity index (χ3n) is 6.86. The summed E-state index contributed by atoms with van der Waals surface area (Å²) in [7, 11) is -3.28. The molecule has 2 N–H and O–H groups in total. The van der Waals surface area contributed by atoms with E-state index in [-0.39, 0.29) is 13.2 Å². The van der Waals surface area contributed by atoms with E-state index in [2.05, 4.69) is 18.2 Å². The van der Waals surface area contributed by atoms with Crippen LogP contribution in [0.5, 0.6) is 11.5 Å². The first kappa shape index (κ1) is 34.6. The molecule has 0 radical (unpaired) electrons. The Bertz CT molecular complexity index is 1590. The van der Waals surface area contributed by atoms with Crippen LogP contribution in [0.25, 0.3) is 22.3 Å². The number of nitrogen functional groups attached to an aromatic ring is 1. The number of nitrogens with zero attached hydrogens (tertiary/aromatic N) is 2. The number of hydrogen-bond acceptors (Lipinski definition) is 7. The van der Waals surface area contributed by atoms with Gasteiger partial charge in [0, 0.05) is 27.2 Å². The molecule has 0 aliphatic rings. The van der Waals surface area contributed by atoms with Crippen molar-refractivity contribution < 1.29 is 26.3 Å². The molecular weight excluding hydrogens is 599 g/mol. The van der Waals surface area contributed by atoms with E-state index in [1.807, 2.05) is 79.7 Å². The molecule has 0 heterocycles. The largest absolute Gasteiger partial charge is 0.492 e. The van der Waals surface area contributed by atoms with Gasteiger partial charge in [-0.15, -0.1) is 0 Å². The fourth-order valence-electron chi connectivity index (χ4n) is 4.01. The molecule has 0 aliphatic heterocycles. The molecule has 4 aromatic carbocycles. The van der Waals surface area contributed by atoms with Crippen molar-refractivity contribution >= 4 is 25.7 Å². The molecule has 0 unspecified atom stereocenters. The first-order valence-corrected chi connectivity index (χ1v) is 17.6. The number of nitrogens with two attached hydrogens (primary N) is 1. The van der Waals surface area contributed by atoms with Crippen molar-refractivity contribution in [2.45, 2.75) is 6.92 Å². The number of anilines is 1. The zero-order valence-corrected chi connectivity index (χ0v) is 27.4. The van der Waals surface area contributed by atoms with Gasteiger partial charge in [-0.25, -0.2) is 25.4 Å². The molecule has 0 saturated heterocycles. The summed E-state index contributed by atoms with van der Waals surface area (Å²) >= 11 is 0. The van der Waals surface area contributed by atoms with Crippen molar-refractivity contribution in [1.82, 2.24) is 8.61 Å². The van der Waals surface area contributed by atoms with Gasteiger partial charge in [-0.05, 0) is 59.0 Å². The zero-order chi connectivity index (χ0) is 32.3. The van der Waals surface area contributed by atoms with Gasteiger partial charge >= 0.3 is 0 Å². The van der Waals surface area contributed by atoms with Crippen molar-refractivity contribution in [3.8, 4) is 33.8 Å². The van der Waals surface area contributed by atoms with Gasteiger partial charge in [0.2, 0.25) is 20.0 Å². The van der Waals surface area contributed by atoms with Crippen LogP contribution in [-0.4, -0.2) is 78.4 Å². The molecule has 0 aromatic heterocycles. The van der Waals surface area contributed by atoms with E-state index in [1.54, 1.807) is 13.1 Å². The Kier molecular flexibility index (Phi) is 12.4. The smallest absolute Gasteiger partial charge is 0.211 e. The van der Waals surface area contributed by atoms with Gasteiger partial charge in [-0.1, -0.05) is 72.8 Å². The summed E-state index contributed by atoms with van der Waals surface area (Å²) in [5.41, 5.74) is 12.0. The average Bonchev–Trinajstić information content (AvgIpc) is 2.99. The number of likely N-dealkylation sites (N-methyl/N-ethyl adjacent to an activating group) is 2. The lowest BCUT2D eigenvalue weighted by Gasteiger charge is -2.15. The summed E-state index contributed by atoms with van der Waals surface area (Å²) in [5.74, 6) is 1.34. The Morgan fingerprint density at radius 1 is 0.591 bits per heavy atom. The first-order valence-electron chi connectivity index (χ1n) is 13.9. The van der Waals surface area contributed by atoms with Crippen molar-refractivity contribution in [2.24, 2.45) is 0 Å². The van der Waals surface area contributed by atoms with Gasteiger partial charge in [0.05, 0.1) is 18.2 Å². The van der Waals surface area contributed by atoms with Crippen LogP contribution in [0.4, 0.5) is 5.69 Å². The van der Waals surface area contributed by atoms with E-state index < -0.39 is 20.0 Å². The van der Waals surface area contributed by atoms with Crippen molar-refractivity contribution in [3.05, 3.63) is 103 Å². The molecule has 0 aliphatic carbocycles. The maximum atomic E-state index is 11.3. The van der Waals surface area contributed by atoms with Gasteiger partial charge in [0.25, 0.3) is 0 Å². The molecule has 4 rings (SSSR count). The fourth-order valence-corrected chi connectivity index (χ4v) is 4.82. The highest BCUT2D eigenvalue weighted by molar-refractivity contribution is 7.88. The fraction of sp³-hybridized carbons (Fsp3) is 0.273. The second-order valence-electron chi connectivity index (χ2n) is 10.3. The third kappa shape index (κ3) is 10.7. The monoisotopic (exact) mass is 639 g/mol. The number of aryl methyl sites for hydroxylation is 1. The first-order chi connectivity index (χ1) is 20.8. The van der Waals surface area contributed by atoms with E-state index >= 15 is 0 Å². The van der Waals surface area contributed by atoms with E-state index in [0.717, 1.165) is 39.8 Å². The summed E-state index contributed by atoms with van der Waals surface area (Å²) in [6.07, 6.45) is 2.35. The lowest BCUT2D eigenvalue weighted by atomic mass is 10.0. The second-order valence-corrected chi connectivity index (χ2v) is 14.5. The predicted molar refractivity (Wildman–Crippen MR) is 179 cm³/mol. The van der Waals surface area contributed by atoms with Crippen molar-refractivity contribution in [3.63, 3.8) is 0 Å². The normalized spacial score (nSPS) is 11.6. The molecule has 9 nitrogen and oxygen atoms in total. The quantitative estimate of drug-likeness (QED) is 0.213. The molecule has 0 atom stereocenters. The summed E-state index contributed by atoms with van der Waals surface area (Å²) in [4.78, 5) is 0. The Morgan fingerprint density at radius 3 is 1.41 bits per heavy atom. The van der Waals surface area contributed by atoms with Crippen LogP contribution >= 0.6 is 0 Å². The Morgan fingerprint density at radius 2 is 1.00 bits per heavy atom. The van der Waals surface area contributed by atoms with Gasteiger partial charge < -0.3 is 15.2 Å². The number of hydrogen-bond donors (Lipinski definition) is 1. The Labute approximate surface area is 262 Å². The molecule has 11 heteroatoms. The maximum absolute atomic E-state index is 11.3. The Hall–Kier alpha value is -3.90. The number of benzene rings is 4. The van der Waals surface area contributed by atoms with Crippen molar-refractivity contribution in [2.75, 3.05) is 58.6 Å². The second kappa shape index (κ2) is 15.7. The standard InChI is InChI=1S/C17H21NO3S.C16H20N2O3S/c1-14-13-16(15-7-5-4-6-8-15)9-10-17(14)21-12-11-18(2)22(3,19)20;1-18(22(2,19)20)10-11-21-16-9-8-14(12-15(16)17)13-6-4-3-5-7-13/h4-10,13H,11-12H2,1-3H3;3-9,12H,10-11,17H2,1-2H3. The van der Waals surface area contributed by atoms with Gasteiger partial charge in [0.15, 0.2) is 0 Å². The summed E-state index contributed by atoms with van der Waals surface area (Å²) in [6, 6.07) is 31.7. The van der Waals surface area contributed by atoms with Gasteiger partial charge in [-0.3, -0.25) is 0 Å². The number of rotatable bonds is 12. The minimum atomic E-state index is -3.19. The van der Waals surface area contributed by atoms with Crippen LogP contribution in [0.2, 0.25) is 0 Å². The predicted octanol–water partition coefficient (Wildman–Crippen LogP) is 5.14. The summed E-state index contributed by atoms with van der Waals surface area (Å²) in [6.45, 7) is 3.17. The maximum Gasteiger partial charge on any atom is 0.211 e. The zero-order valence-electron chi connectivity index (χ0n) is 25.8. The SMILES string of the molecule is CN(CCOc1ccc(-c2ccccc2)cc1N)S(C)(=O)=O.Cc1cc(-c2ccccc2)ccc1OCCN(C)S(C)(=O)=O. The molecule has 0 spiro atoms. The van der Waals surface area contributed by atoms with E-state index in [1.165, 1.54) is 21.9 Å². The minimum Gasteiger partial charge on any atom is -0.492 e. The lowest BCUT2D eigenvalue weighted by molar-refractivity contribution is 0.286. The van der Waals surface area contributed by atoms with Crippen LogP contribution in [-0.2, 0) is 20.0 Å². The van der Waals surface area contributed by atoms with Crippen LogP contribution in [0.3, 0.4) is 0 Å². The van der Waals surface area contributed by atoms with Gasteiger partial charge in [0.1, 0.15) is 24.7 Å². The highest BCUT2D eigenvalue weighted by Gasteiger charge is 2.12. The molecule has 236 valence electrons. The van der Waals surface area contributed by atoms with E-state index in [4.69, 9.17) is 15.2 Å². The number of ether oxygens (including phenoxy) is 2. The highest BCUT2D eigenvalue weighted by atomic mass is 32.2. The van der Waals surface area contributed by atoms with E-state index in [9.17, 15) is 16.8 Å². The summed E-state index contributed by atoms with van der Waals surface area (Å²) < 4.78 is 59.0. The molecule has 0 amide bonds. The summed E-state index contributed by atoms with van der Waals surface area (Å²) in [5, 5.41) is 0. The van der Waals surface area contributed by atoms with Crippen molar-refractivity contribution in [1.29, 1.82) is 0 Å².